The molecule has 0 radical (unpaired) electrons. The second kappa shape index (κ2) is 6.32. The molecular weight excluding hydrogens is 280 g/mol. The van der Waals surface area contributed by atoms with Gasteiger partial charge in [-0.3, -0.25) is 9.78 Å². The fraction of sp³-hybridized carbons (Fsp3) is 0.538. The first-order valence-corrected chi connectivity index (χ1v) is 8.20. The van der Waals surface area contributed by atoms with Gasteiger partial charge >= 0.3 is 5.97 Å². The third kappa shape index (κ3) is 3.77. The van der Waals surface area contributed by atoms with E-state index in [1.807, 2.05) is 6.07 Å². The highest BCUT2D eigenvalue weighted by Gasteiger charge is 2.31. The summed E-state index contributed by atoms with van der Waals surface area (Å²) >= 11 is 0. The molecule has 1 saturated heterocycles. The maximum Gasteiger partial charge on any atom is 0.307 e. The van der Waals surface area contributed by atoms with E-state index in [1.165, 1.54) is 4.31 Å². The smallest absolute Gasteiger partial charge is 0.307 e. The summed E-state index contributed by atoms with van der Waals surface area (Å²) in [5.41, 5.74) is 0.725. The van der Waals surface area contributed by atoms with Crippen LogP contribution in [0, 0.1) is 5.92 Å². The first-order chi connectivity index (χ1) is 9.49. The molecule has 2 rings (SSSR count). The Bertz CT molecular complexity index is 559. The number of aromatic nitrogens is 1. The van der Waals surface area contributed by atoms with Crippen molar-refractivity contribution in [3.63, 3.8) is 0 Å². The molecular formula is C13H18N2O4S. The number of piperidine rings is 1. The number of hydrogen-bond acceptors (Lipinski definition) is 4. The summed E-state index contributed by atoms with van der Waals surface area (Å²) in [5, 5.41) is 9.00. The Balaban J connectivity index is 1.97. The molecule has 6 nitrogen and oxygen atoms in total. The van der Waals surface area contributed by atoms with Gasteiger partial charge in [-0.1, -0.05) is 6.07 Å². The molecule has 0 amide bonds. The molecule has 2 heterocycles. The van der Waals surface area contributed by atoms with Crippen LogP contribution in [0.2, 0.25) is 0 Å². The van der Waals surface area contributed by atoms with Gasteiger partial charge in [0.15, 0.2) is 0 Å². The van der Waals surface area contributed by atoms with E-state index in [-0.39, 0.29) is 12.3 Å². The van der Waals surface area contributed by atoms with Gasteiger partial charge in [0.25, 0.3) is 0 Å². The van der Waals surface area contributed by atoms with Crippen molar-refractivity contribution in [3.8, 4) is 0 Å². The lowest BCUT2D eigenvalue weighted by molar-refractivity contribution is -0.142. The van der Waals surface area contributed by atoms with Crippen molar-refractivity contribution in [1.82, 2.24) is 9.29 Å². The van der Waals surface area contributed by atoms with Crippen molar-refractivity contribution < 1.29 is 18.3 Å². The molecule has 7 heteroatoms. The van der Waals surface area contributed by atoms with Gasteiger partial charge in [-0.2, -0.15) is 0 Å². The maximum atomic E-state index is 12.2. The Hall–Kier alpha value is -1.47. The number of sulfonamides is 1. The summed E-state index contributed by atoms with van der Waals surface area (Å²) in [7, 11) is -3.42. The van der Waals surface area contributed by atoms with Crippen LogP contribution in [0.15, 0.2) is 24.4 Å². The van der Waals surface area contributed by atoms with Gasteiger partial charge in [0.05, 0.1) is 11.7 Å². The van der Waals surface area contributed by atoms with Gasteiger partial charge in [-0.15, -0.1) is 0 Å². The first-order valence-electron chi connectivity index (χ1n) is 6.59. The van der Waals surface area contributed by atoms with Crippen LogP contribution >= 0.6 is 0 Å². The van der Waals surface area contributed by atoms with Crippen molar-refractivity contribution in [2.45, 2.75) is 19.3 Å². The van der Waals surface area contributed by atoms with Crippen LogP contribution in [0.5, 0.6) is 0 Å². The minimum Gasteiger partial charge on any atom is -0.481 e. The highest BCUT2D eigenvalue weighted by Crippen LogP contribution is 2.20. The number of carbonyl (C=O) groups is 1. The Kier molecular flexibility index (Phi) is 4.72. The Morgan fingerprint density at radius 1 is 1.45 bits per heavy atom. The zero-order chi connectivity index (χ0) is 14.6. The highest BCUT2D eigenvalue weighted by molar-refractivity contribution is 7.89. The summed E-state index contributed by atoms with van der Waals surface area (Å²) in [5.74, 6) is -1.54. The molecule has 0 saturated carbocycles. The minimum atomic E-state index is -3.42. The predicted molar refractivity (Wildman–Crippen MR) is 73.7 cm³/mol. The Labute approximate surface area is 118 Å². The highest BCUT2D eigenvalue weighted by atomic mass is 32.2. The zero-order valence-corrected chi connectivity index (χ0v) is 11.9. The third-order valence-corrected chi connectivity index (χ3v) is 5.31. The molecule has 1 atom stereocenters. The number of pyridine rings is 1. The first kappa shape index (κ1) is 14.9. The van der Waals surface area contributed by atoms with Crippen LogP contribution in [-0.4, -0.2) is 47.6 Å². The van der Waals surface area contributed by atoms with E-state index >= 15 is 0 Å². The summed E-state index contributed by atoms with van der Waals surface area (Å²) in [6.07, 6.45) is 3.11. The van der Waals surface area contributed by atoms with E-state index in [1.54, 1.807) is 18.3 Å². The van der Waals surface area contributed by atoms with E-state index in [0.717, 1.165) is 5.69 Å². The molecule has 0 aliphatic carbocycles. The van der Waals surface area contributed by atoms with Crippen molar-refractivity contribution in [2.75, 3.05) is 18.8 Å². The molecule has 1 aliphatic rings. The lowest BCUT2D eigenvalue weighted by atomic mass is 10.0. The molecule has 1 aliphatic heterocycles. The van der Waals surface area contributed by atoms with Crippen molar-refractivity contribution >= 4 is 16.0 Å². The van der Waals surface area contributed by atoms with Crippen LogP contribution in [0.1, 0.15) is 18.5 Å². The third-order valence-electron chi connectivity index (χ3n) is 3.47. The van der Waals surface area contributed by atoms with E-state index in [0.29, 0.717) is 25.8 Å². The van der Waals surface area contributed by atoms with Crippen molar-refractivity contribution in [3.05, 3.63) is 30.1 Å². The molecule has 0 spiro atoms. The average molecular weight is 298 g/mol. The van der Waals surface area contributed by atoms with Crippen LogP contribution in [0.25, 0.3) is 0 Å². The van der Waals surface area contributed by atoms with Gasteiger partial charge in [0.1, 0.15) is 0 Å². The summed E-state index contributed by atoms with van der Waals surface area (Å²) in [6.45, 7) is 0.494. The molecule has 1 aromatic heterocycles. The number of aliphatic carboxylic acids is 1. The van der Waals surface area contributed by atoms with Gasteiger partial charge in [-0.25, -0.2) is 12.7 Å². The standard InChI is InChI=1S/C13H18N2O4S/c16-13(17)11-4-3-8-15(10-11)20(18,19)9-6-12-5-1-2-7-14-12/h1-2,5,7,11H,3-4,6,8-10H2,(H,16,17)/t11-/m0/s1. The molecule has 0 unspecified atom stereocenters. The normalized spacial score (nSPS) is 20.7. The zero-order valence-electron chi connectivity index (χ0n) is 11.1. The second-order valence-corrected chi connectivity index (χ2v) is 7.01. The van der Waals surface area contributed by atoms with Gasteiger partial charge in [0, 0.05) is 31.4 Å². The lowest BCUT2D eigenvalue weighted by Gasteiger charge is -2.29. The number of rotatable bonds is 5. The molecule has 20 heavy (non-hydrogen) atoms. The fourth-order valence-electron chi connectivity index (χ4n) is 2.31. The fourth-order valence-corrected chi connectivity index (χ4v) is 3.84. The van der Waals surface area contributed by atoms with Crippen LogP contribution in [0.4, 0.5) is 0 Å². The summed E-state index contributed by atoms with van der Waals surface area (Å²) in [6, 6.07) is 5.38. The van der Waals surface area contributed by atoms with Gasteiger partial charge < -0.3 is 5.11 Å². The molecule has 0 aromatic carbocycles. The van der Waals surface area contributed by atoms with Crippen LogP contribution in [-0.2, 0) is 21.2 Å². The van der Waals surface area contributed by atoms with Crippen molar-refractivity contribution in [2.24, 2.45) is 5.92 Å². The largest absolute Gasteiger partial charge is 0.481 e. The molecule has 1 fully saturated rings. The quantitative estimate of drug-likeness (QED) is 0.866. The molecule has 110 valence electrons. The Morgan fingerprint density at radius 3 is 2.90 bits per heavy atom. The molecule has 0 bridgehead atoms. The molecule has 1 aromatic rings. The topological polar surface area (TPSA) is 87.6 Å². The van der Waals surface area contributed by atoms with Crippen LogP contribution in [0.3, 0.4) is 0 Å². The number of aryl methyl sites for hydroxylation is 1. The molecule has 1 N–H and O–H groups in total. The summed E-state index contributed by atoms with van der Waals surface area (Å²) < 4.78 is 25.8. The van der Waals surface area contributed by atoms with Gasteiger partial charge in [-0.05, 0) is 25.0 Å². The number of hydrogen-bond donors (Lipinski definition) is 1. The van der Waals surface area contributed by atoms with Crippen LogP contribution < -0.4 is 0 Å². The average Bonchev–Trinajstić information content (AvgIpc) is 2.46. The van der Waals surface area contributed by atoms with E-state index < -0.39 is 21.9 Å². The van der Waals surface area contributed by atoms with Crippen molar-refractivity contribution in [1.29, 1.82) is 0 Å². The van der Waals surface area contributed by atoms with E-state index in [2.05, 4.69) is 4.98 Å². The monoisotopic (exact) mass is 298 g/mol. The van der Waals surface area contributed by atoms with E-state index in [4.69, 9.17) is 5.11 Å². The summed E-state index contributed by atoms with van der Waals surface area (Å²) in [4.78, 5) is 15.1. The minimum absolute atomic E-state index is 0.0314. The number of carboxylic acid groups (broad SMARTS) is 1. The van der Waals surface area contributed by atoms with E-state index in [9.17, 15) is 13.2 Å². The SMILES string of the molecule is O=C(O)[C@H]1CCCN(S(=O)(=O)CCc2ccccn2)C1. The predicted octanol–water partition coefficient (Wildman–Crippen LogP) is 0.750. The Morgan fingerprint density at radius 2 is 2.25 bits per heavy atom. The van der Waals surface area contributed by atoms with Gasteiger partial charge in [0.2, 0.25) is 10.0 Å². The maximum absolute atomic E-state index is 12.2. The number of nitrogens with zero attached hydrogens (tertiary/aromatic N) is 2. The second-order valence-electron chi connectivity index (χ2n) is 4.92. The lowest BCUT2D eigenvalue weighted by Crippen LogP contribution is -2.43. The number of carboxylic acids is 1.